The van der Waals surface area contributed by atoms with Crippen molar-refractivity contribution < 1.29 is 4.74 Å². The zero-order chi connectivity index (χ0) is 17.2. The summed E-state index contributed by atoms with van der Waals surface area (Å²) < 4.78 is 7.23. The van der Waals surface area contributed by atoms with E-state index in [1.165, 1.54) is 11.1 Å². The maximum Gasteiger partial charge on any atom is 0.177 e. The molecule has 0 saturated carbocycles. The van der Waals surface area contributed by atoms with Gasteiger partial charge in [0.2, 0.25) is 0 Å². The van der Waals surface area contributed by atoms with E-state index >= 15 is 0 Å². The second-order valence-corrected chi connectivity index (χ2v) is 6.40. The Morgan fingerprint density at radius 1 is 1.08 bits per heavy atom. The summed E-state index contributed by atoms with van der Waals surface area (Å²) in [5.74, 6) is 1.94. The lowest BCUT2D eigenvalue weighted by molar-refractivity contribution is 0.245. The molecule has 25 heavy (non-hydrogen) atoms. The highest BCUT2D eigenvalue weighted by molar-refractivity contribution is 5.45. The van der Waals surface area contributed by atoms with Gasteiger partial charge in [0.1, 0.15) is 17.9 Å². The van der Waals surface area contributed by atoms with Crippen LogP contribution in [-0.2, 0) is 6.54 Å². The van der Waals surface area contributed by atoms with E-state index in [0.717, 1.165) is 49.9 Å². The molecule has 0 aliphatic carbocycles. The molecule has 1 saturated heterocycles. The molecule has 7 nitrogen and oxygen atoms in total. The first kappa shape index (κ1) is 15.8. The van der Waals surface area contributed by atoms with Gasteiger partial charge in [0.15, 0.2) is 5.65 Å². The zero-order valence-electron chi connectivity index (χ0n) is 14.6. The van der Waals surface area contributed by atoms with Crippen molar-refractivity contribution >= 4 is 11.5 Å². The van der Waals surface area contributed by atoms with Crippen molar-refractivity contribution in [3.05, 3.63) is 47.8 Å². The molecule has 0 unspecified atom stereocenters. The highest BCUT2D eigenvalue weighted by atomic mass is 16.5. The molecule has 3 aromatic rings. The Bertz CT molecular complexity index is 869. The van der Waals surface area contributed by atoms with Crippen LogP contribution in [0, 0.1) is 6.92 Å². The van der Waals surface area contributed by atoms with Crippen molar-refractivity contribution in [2.45, 2.75) is 13.5 Å². The van der Waals surface area contributed by atoms with Crippen molar-refractivity contribution in [2.24, 2.45) is 0 Å². The van der Waals surface area contributed by atoms with Gasteiger partial charge in [-0.25, -0.2) is 0 Å². The van der Waals surface area contributed by atoms with Crippen molar-refractivity contribution in [1.82, 2.24) is 24.7 Å². The number of fused-ring (bicyclic) bond motifs is 1. The fourth-order valence-corrected chi connectivity index (χ4v) is 3.29. The lowest BCUT2D eigenvalue weighted by Crippen LogP contribution is -2.46. The highest BCUT2D eigenvalue weighted by Gasteiger charge is 2.19. The molecule has 0 amide bonds. The van der Waals surface area contributed by atoms with E-state index in [2.05, 4.69) is 50.2 Å². The number of benzene rings is 1. The van der Waals surface area contributed by atoms with E-state index in [1.54, 1.807) is 18.0 Å². The molecule has 1 aliphatic heterocycles. The molecular weight excluding hydrogens is 316 g/mol. The van der Waals surface area contributed by atoms with E-state index in [1.807, 2.05) is 12.1 Å². The second kappa shape index (κ2) is 6.68. The van der Waals surface area contributed by atoms with Gasteiger partial charge in [-0.05, 0) is 25.1 Å². The topological polar surface area (TPSA) is 58.8 Å². The van der Waals surface area contributed by atoms with Crippen LogP contribution in [0.25, 0.3) is 5.65 Å². The monoisotopic (exact) mass is 338 g/mol. The van der Waals surface area contributed by atoms with Crippen LogP contribution < -0.4 is 9.64 Å². The summed E-state index contributed by atoms with van der Waals surface area (Å²) in [7, 11) is 1.73. The van der Waals surface area contributed by atoms with Gasteiger partial charge < -0.3 is 9.64 Å². The van der Waals surface area contributed by atoms with Crippen LogP contribution in [0.15, 0.2) is 36.7 Å². The number of nitrogens with zero attached hydrogens (tertiary/aromatic N) is 6. The molecule has 3 heterocycles. The first-order valence-corrected chi connectivity index (χ1v) is 8.51. The van der Waals surface area contributed by atoms with Crippen LogP contribution in [0.3, 0.4) is 0 Å². The number of ether oxygens (including phenoxy) is 1. The molecule has 0 atom stereocenters. The Morgan fingerprint density at radius 2 is 1.92 bits per heavy atom. The third kappa shape index (κ3) is 3.28. The van der Waals surface area contributed by atoms with Gasteiger partial charge in [-0.2, -0.15) is 4.52 Å². The quantitative estimate of drug-likeness (QED) is 0.722. The lowest BCUT2D eigenvalue weighted by atomic mass is 10.1. The molecule has 0 spiro atoms. The number of rotatable bonds is 4. The van der Waals surface area contributed by atoms with Crippen molar-refractivity contribution in [3.8, 4) is 5.75 Å². The Kier molecular flexibility index (Phi) is 4.23. The Morgan fingerprint density at radius 3 is 2.72 bits per heavy atom. The minimum Gasteiger partial charge on any atom is -0.496 e. The molecule has 0 radical (unpaired) electrons. The van der Waals surface area contributed by atoms with Gasteiger partial charge in [0, 0.05) is 38.3 Å². The maximum atomic E-state index is 5.50. The summed E-state index contributed by atoms with van der Waals surface area (Å²) in [4.78, 5) is 4.77. The Balaban J connectivity index is 1.42. The van der Waals surface area contributed by atoms with Gasteiger partial charge in [-0.1, -0.05) is 17.7 Å². The van der Waals surface area contributed by atoms with Crippen molar-refractivity contribution in [1.29, 1.82) is 0 Å². The number of hydrogen-bond donors (Lipinski definition) is 0. The summed E-state index contributed by atoms with van der Waals surface area (Å²) >= 11 is 0. The molecule has 7 heteroatoms. The van der Waals surface area contributed by atoms with Gasteiger partial charge in [-0.15, -0.1) is 15.3 Å². The summed E-state index contributed by atoms with van der Waals surface area (Å²) in [5.41, 5.74) is 3.29. The number of methoxy groups -OCH3 is 1. The van der Waals surface area contributed by atoms with Crippen LogP contribution in [0.4, 0.5) is 5.82 Å². The first-order valence-electron chi connectivity index (χ1n) is 8.51. The largest absolute Gasteiger partial charge is 0.496 e. The minimum atomic E-state index is 0.772. The summed E-state index contributed by atoms with van der Waals surface area (Å²) in [6.45, 7) is 6.94. The smallest absolute Gasteiger partial charge is 0.177 e. The van der Waals surface area contributed by atoms with Crippen LogP contribution in [-0.4, -0.2) is 58.0 Å². The molecule has 1 aromatic carbocycles. The fourth-order valence-electron chi connectivity index (χ4n) is 3.29. The number of hydrogen-bond acceptors (Lipinski definition) is 6. The number of aryl methyl sites for hydroxylation is 1. The number of aromatic nitrogens is 4. The van der Waals surface area contributed by atoms with Crippen molar-refractivity contribution in [3.63, 3.8) is 0 Å². The lowest BCUT2D eigenvalue weighted by Gasteiger charge is -2.35. The summed E-state index contributed by atoms with van der Waals surface area (Å²) in [6, 6.07) is 10.3. The highest BCUT2D eigenvalue weighted by Crippen LogP contribution is 2.22. The third-order valence-electron chi connectivity index (χ3n) is 4.67. The molecule has 4 rings (SSSR count). The van der Waals surface area contributed by atoms with E-state index < -0.39 is 0 Å². The molecule has 0 bridgehead atoms. The predicted molar refractivity (Wildman–Crippen MR) is 96.0 cm³/mol. The number of piperazine rings is 1. The second-order valence-electron chi connectivity index (χ2n) is 6.40. The zero-order valence-corrected chi connectivity index (χ0v) is 14.6. The fraction of sp³-hybridized carbons (Fsp3) is 0.389. The molecule has 0 N–H and O–H groups in total. The van der Waals surface area contributed by atoms with Crippen LogP contribution in [0.5, 0.6) is 5.75 Å². The average molecular weight is 338 g/mol. The van der Waals surface area contributed by atoms with Crippen LogP contribution >= 0.6 is 0 Å². The van der Waals surface area contributed by atoms with Crippen LogP contribution in [0.1, 0.15) is 11.1 Å². The SMILES string of the molecule is COc1ccc(C)cc1CN1CCN(c2ccc3nncn3n2)CC1. The van der Waals surface area contributed by atoms with E-state index in [4.69, 9.17) is 4.74 Å². The molecular formula is C18H22N6O. The normalized spacial score (nSPS) is 15.7. The molecule has 1 aliphatic rings. The molecule has 130 valence electrons. The third-order valence-corrected chi connectivity index (χ3v) is 4.67. The molecule has 1 fully saturated rings. The van der Waals surface area contributed by atoms with E-state index in [9.17, 15) is 0 Å². The van der Waals surface area contributed by atoms with Gasteiger partial charge in [0.25, 0.3) is 0 Å². The summed E-state index contributed by atoms with van der Waals surface area (Å²) in [6.07, 6.45) is 1.64. The van der Waals surface area contributed by atoms with E-state index in [0.29, 0.717) is 0 Å². The predicted octanol–water partition coefficient (Wildman–Crippen LogP) is 1.76. The van der Waals surface area contributed by atoms with Gasteiger partial charge in [-0.3, -0.25) is 4.90 Å². The van der Waals surface area contributed by atoms with E-state index in [-0.39, 0.29) is 0 Å². The number of anilines is 1. The average Bonchev–Trinajstić information content (AvgIpc) is 3.10. The maximum absolute atomic E-state index is 5.50. The molecule has 2 aromatic heterocycles. The van der Waals surface area contributed by atoms with Crippen LogP contribution in [0.2, 0.25) is 0 Å². The Labute approximate surface area is 146 Å². The Hall–Kier alpha value is -2.67. The van der Waals surface area contributed by atoms with Gasteiger partial charge >= 0.3 is 0 Å². The minimum absolute atomic E-state index is 0.772. The summed E-state index contributed by atoms with van der Waals surface area (Å²) in [5, 5.41) is 12.5. The first-order chi connectivity index (χ1) is 12.2. The standard InChI is InChI=1S/C18H22N6O/c1-14-3-4-16(25-2)15(11-14)12-22-7-9-23(10-8-22)18-6-5-17-20-19-13-24(17)21-18/h3-6,11,13H,7-10,12H2,1-2H3. The van der Waals surface area contributed by atoms with Crippen molar-refractivity contribution in [2.75, 3.05) is 38.2 Å². The van der Waals surface area contributed by atoms with Gasteiger partial charge in [0.05, 0.1) is 7.11 Å².